The Balaban J connectivity index is 2.22. The highest BCUT2D eigenvalue weighted by Gasteiger charge is 1.99. The van der Waals surface area contributed by atoms with Gasteiger partial charge in [0.05, 0.1) is 11.4 Å². The fourth-order valence-corrected chi connectivity index (χ4v) is 2.01. The monoisotopic (exact) mass is 217 g/mol. The molecule has 0 spiro atoms. The summed E-state index contributed by atoms with van der Waals surface area (Å²) in [6, 6.07) is 9.56. The highest BCUT2D eigenvalue weighted by atomic mass is 32.2. The van der Waals surface area contributed by atoms with Gasteiger partial charge in [0, 0.05) is 22.2 Å². The number of pyridine rings is 1. The van der Waals surface area contributed by atoms with Crippen LogP contribution in [0.4, 0.5) is 11.4 Å². The molecule has 3 nitrogen and oxygen atoms in total. The van der Waals surface area contributed by atoms with Crippen molar-refractivity contribution in [2.45, 2.75) is 9.79 Å². The normalized spacial score (nSPS) is 10.1. The minimum absolute atomic E-state index is 0.619. The summed E-state index contributed by atoms with van der Waals surface area (Å²) in [5, 5.41) is 0. The van der Waals surface area contributed by atoms with Crippen LogP contribution in [0.25, 0.3) is 0 Å². The molecular formula is C11H11N3S. The van der Waals surface area contributed by atoms with Gasteiger partial charge in [0.25, 0.3) is 0 Å². The summed E-state index contributed by atoms with van der Waals surface area (Å²) >= 11 is 1.63. The van der Waals surface area contributed by atoms with Crippen LogP contribution < -0.4 is 11.5 Å². The van der Waals surface area contributed by atoms with Gasteiger partial charge in [0.1, 0.15) is 0 Å². The molecule has 1 aromatic heterocycles. The first-order chi connectivity index (χ1) is 7.25. The SMILES string of the molecule is Nc1ccc(Sc2ccncc2)cc1N. The van der Waals surface area contributed by atoms with Gasteiger partial charge in [-0.25, -0.2) is 0 Å². The molecule has 76 valence electrons. The number of nitrogens with zero attached hydrogens (tertiary/aromatic N) is 1. The lowest BCUT2D eigenvalue weighted by Crippen LogP contribution is -1.93. The number of hydrogen-bond acceptors (Lipinski definition) is 4. The average Bonchev–Trinajstić information content (AvgIpc) is 2.25. The fraction of sp³-hybridized carbons (Fsp3) is 0. The van der Waals surface area contributed by atoms with Crippen molar-refractivity contribution < 1.29 is 0 Å². The minimum Gasteiger partial charge on any atom is -0.397 e. The maximum atomic E-state index is 5.72. The number of anilines is 2. The second kappa shape index (κ2) is 4.23. The summed E-state index contributed by atoms with van der Waals surface area (Å²) in [5.74, 6) is 0. The lowest BCUT2D eigenvalue weighted by atomic mass is 10.3. The second-order valence-electron chi connectivity index (χ2n) is 3.08. The van der Waals surface area contributed by atoms with E-state index in [1.807, 2.05) is 30.3 Å². The van der Waals surface area contributed by atoms with Crippen LogP contribution in [0.5, 0.6) is 0 Å². The van der Waals surface area contributed by atoms with Crippen LogP contribution in [0.1, 0.15) is 0 Å². The van der Waals surface area contributed by atoms with E-state index in [2.05, 4.69) is 4.98 Å². The van der Waals surface area contributed by atoms with E-state index in [9.17, 15) is 0 Å². The topological polar surface area (TPSA) is 64.9 Å². The highest BCUT2D eigenvalue weighted by molar-refractivity contribution is 7.99. The smallest absolute Gasteiger partial charge is 0.0559 e. The van der Waals surface area contributed by atoms with Gasteiger partial charge in [-0.2, -0.15) is 0 Å². The van der Waals surface area contributed by atoms with E-state index in [1.165, 1.54) is 0 Å². The van der Waals surface area contributed by atoms with Crippen LogP contribution in [0, 0.1) is 0 Å². The van der Waals surface area contributed by atoms with Crippen molar-refractivity contribution in [1.29, 1.82) is 0 Å². The molecule has 2 aromatic rings. The van der Waals surface area contributed by atoms with Crippen molar-refractivity contribution >= 4 is 23.1 Å². The Labute approximate surface area is 92.5 Å². The first-order valence-corrected chi connectivity index (χ1v) is 5.30. The maximum absolute atomic E-state index is 5.72. The second-order valence-corrected chi connectivity index (χ2v) is 4.22. The van der Waals surface area contributed by atoms with Gasteiger partial charge in [-0.05, 0) is 30.3 Å². The molecule has 0 fully saturated rings. The van der Waals surface area contributed by atoms with Crippen molar-refractivity contribution in [3.63, 3.8) is 0 Å². The number of rotatable bonds is 2. The first kappa shape index (κ1) is 9.86. The van der Waals surface area contributed by atoms with Gasteiger partial charge >= 0.3 is 0 Å². The molecule has 0 radical (unpaired) electrons. The molecule has 0 aliphatic rings. The van der Waals surface area contributed by atoms with Gasteiger partial charge in [-0.15, -0.1) is 0 Å². The number of nitrogens with two attached hydrogens (primary N) is 2. The highest BCUT2D eigenvalue weighted by Crippen LogP contribution is 2.30. The summed E-state index contributed by atoms with van der Waals surface area (Å²) in [5.41, 5.74) is 12.6. The molecule has 15 heavy (non-hydrogen) atoms. The molecule has 1 heterocycles. The summed E-state index contributed by atoms with van der Waals surface area (Å²) in [4.78, 5) is 6.17. The Morgan fingerprint density at radius 2 is 1.60 bits per heavy atom. The van der Waals surface area contributed by atoms with Gasteiger partial charge in [0.15, 0.2) is 0 Å². The van der Waals surface area contributed by atoms with Crippen molar-refractivity contribution in [2.24, 2.45) is 0 Å². The average molecular weight is 217 g/mol. The van der Waals surface area contributed by atoms with Crippen LogP contribution >= 0.6 is 11.8 Å². The molecule has 2 rings (SSSR count). The zero-order valence-electron chi connectivity index (χ0n) is 8.05. The van der Waals surface area contributed by atoms with E-state index in [-0.39, 0.29) is 0 Å². The fourth-order valence-electron chi connectivity index (χ4n) is 1.16. The first-order valence-electron chi connectivity index (χ1n) is 4.48. The number of hydrogen-bond donors (Lipinski definition) is 2. The zero-order chi connectivity index (χ0) is 10.7. The largest absolute Gasteiger partial charge is 0.397 e. The molecule has 0 saturated carbocycles. The third-order valence-electron chi connectivity index (χ3n) is 1.94. The van der Waals surface area contributed by atoms with Gasteiger partial charge < -0.3 is 11.5 Å². The number of benzene rings is 1. The molecule has 0 amide bonds. The van der Waals surface area contributed by atoms with Crippen LogP contribution in [-0.4, -0.2) is 4.98 Å². The van der Waals surface area contributed by atoms with Crippen LogP contribution in [-0.2, 0) is 0 Å². The molecule has 0 saturated heterocycles. The number of aromatic nitrogens is 1. The molecule has 1 aromatic carbocycles. The van der Waals surface area contributed by atoms with E-state index >= 15 is 0 Å². The third-order valence-corrected chi connectivity index (χ3v) is 2.94. The van der Waals surface area contributed by atoms with Gasteiger partial charge in [-0.3, -0.25) is 4.98 Å². The Hall–Kier alpha value is -1.68. The molecule has 0 aliphatic heterocycles. The predicted octanol–water partition coefficient (Wildman–Crippen LogP) is 2.40. The van der Waals surface area contributed by atoms with Crippen molar-refractivity contribution in [2.75, 3.05) is 11.5 Å². The lowest BCUT2D eigenvalue weighted by molar-refractivity contribution is 1.26. The van der Waals surface area contributed by atoms with E-state index in [0.29, 0.717) is 11.4 Å². The van der Waals surface area contributed by atoms with Crippen molar-refractivity contribution in [3.05, 3.63) is 42.7 Å². The molecule has 4 heteroatoms. The summed E-state index contributed by atoms with van der Waals surface area (Å²) in [7, 11) is 0. The molecule has 0 bridgehead atoms. The molecule has 0 unspecified atom stereocenters. The quantitative estimate of drug-likeness (QED) is 0.758. The molecule has 4 N–H and O–H groups in total. The Morgan fingerprint density at radius 3 is 2.27 bits per heavy atom. The number of nitrogen functional groups attached to an aromatic ring is 2. The Kier molecular flexibility index (Phi) is 2.78. The Bertz CT molecular complexity index is 457. The van der Waals surface area contributed by atoms with Crippen LogP contribution in [0.2, 0.25) is 0 Å². The summed E-state index contributed by atoms with van der Waals surface area (Å²) < 4.78 is 0. The molecular weight excluding hydrogens is 206 g/mol. The summed E-state index contributed by atoms with van der Waals surface area (Å²) in [6.45, 7) is 0. The summed E-state index contributed by atoms with van der Waals surface area (Å²) in [6.07, 6.45) is 3.53. The van der Waals surface area contributed by atoms with E-state index < -0.39 is 0 Å². The minimum atomic E-state index is 0.619. The standard InChI is InChI=1S/C11H11N3S/c12-10-2-1-9(7-11(10)13)15-8-3-5-14-6-4-8/h1-7H,12-13H2. The Morgan fingerprint density at radius 1 is 0.867 bits per heavy atom. The van der Waals surface area contributed by atoms with Gasteiger partial charge in [0.2, 0.25) is 0 Å². The van der Waals surface area contributed by atoms with E-state index in [4.69, 9.17) is 11.5 Å². The van der Waals surface area contributed by atoms with Crippen molar-refractivity contribution in [1.82, 2.24) is 4.98 Å². The van der Waals surface area contributed by atoms with Gasteiger partial charge in [-0.1, -0.05) is 11.8 Å². The zero-order valence-corrected chi connectivity index (χ0v) is 8.87. The predicted molar refractivity (Wildman–Crippen MR) is 63.6 cm³/mol. The lowest BCUT2D eigenvalue weighted by Gasteiger charge is -2.04. The van der Waals surface area contributed by atoms with Crippen LogP contribution in [0.15, 0.2) is 52.5 Å². The molecule has 0 aliphatic carbocycles. The third kappa shape index (κ3) is 2.41. The molecule has 0 atom stereocenters. The maximum Gasteiger partial charge on any atom is 0.0559 e. The van der Waals surface area contributed by atoms with Crippen molar-refractivity contribution in [3.8, 4) is 0 Å². The van der Waals surface area contributed by atoms with Crippen LogP contribution in [0.3, 0.4) is 0 Å². The van der Waals surface area contributed by atoms with E-state index in [1.54, 1.807) is 24.2 Å². The van der Waals surface area contributed by atoms with E-state index in [0.717, 1.165) is 9.79 Å².